The maximum absolute atomic E-state index is 12.0. The molecular weight excluding hydrogens is 228 g/mol. The monoisotopic (exact) mass is 254 g/mol. The molecule has 1 heterocycles. The van der Waals surface area contributed by atoms with E-state index in [0.29, 0.717) is 18.4 Å². The van der Waals surface area contributed by atoms with E-state index in [9.17, 15) is 4.79 Å². The minimum atomic E-state index is 0.177. The van der Waals surface area contributed by atoms with Crippen LogP contribution in [-0.2, 0) is 9.53 Å². The Morgan fingerprint density at radius 2 is 2.11 bits per heavy atom. The molecule has 2 rings (SSSR count). The minimum Gasteiger partial charge on any atom is -0.378 e. The van der Waals surface area contributed by atoms with Crippen molar-refractivity contribution in [2.24, 2.45) is 11.7 Å². The number of hydrogen-bond acceptors (Lipinski definition) is 3. The van der Waals surface area contributed by atoms with Crippen LogP contribution in [0.25, 0.3) is 0 Å². The first-order valence-electron chi connectivity index (χ1n) is 7.31. The van der Waals surface area contributed by atoms with Crippen LogP contribution in [0.1, 0.15) is 51.9 Å². The van der Waals surface area contributed by atoms with Crippen LogP contribution in [0, 0.1) is 5.92 Å². The van der Waals surface area contributed by atoms with E-state index in [1.54, 1.807) is 0 Å². The van der Waals surface area contributed by atoms with Gasteiger partial charge in [-0.05, 0) is 38.5 Å². The fraction of sp³-hybridized carbons (Fsp3) is 0.929. The lowest BCUT2D eigenvalue weighted by Crippen LogP contribution is -2.43. The summed E-state index contributed by atoms with van der Waals surface area (Å²) in [5.41, 5.74) is 6.08. The molecule has 2 fully saturated rings. The molecule has 0 aromatic rings. The Morgan fingerprint density at radius 3 is 2.83 bits per heavy atom. The van der Waals surface area contributed by atoms with Gasteiger partial charge in [0.15, 0.2) is 0 Å². The molecule has 0 radical (unpaired) electrons. The van der Waals surface area contributed by atoms with Gasteiger partial charge in [0.1, 0.15) is 0 Å². The molecule has 3 N–H and O–H groups in total. The highest BCUT2D eigenvalue weighted by Gasteiger charge is 2.26. The third-order valence-corrected chi connectivity index (χ3v) is 4.27. The van der Waals surface area contributed by atoms with Crippen LogP contribution in [0.4, 0.5) is 0 Å². The first kappa shape index (κ1) is 13.8. The van der Waals surface area contributed by atoms with Crippen LogP contribution in [0.15, 0.2) is 0 Å². The third-order valence-electron chi connectivity index (χ3n) is 4.27. The molecule has 0 bridgehead atoms. The van der Waals surface area contributed by atoms with Gasteiger partial charge in [-0.15, -0.1) is 0 Å². The molecule has 4 heteroatoms. The molecule has 1 saturated heterocycles. The van der Waals surface area contributed by atoms with Crippen molar-refractivity contribution in [3.8, 4) is 0 Å². The van der Waals surface area contributed by atoms with Crippen molar-refractivity contribution < 1.29 is 9.53 Å². The van der Waals surface area contributed by atoms with E-state index in [-0.39, 0.29) is 18.1 Å². The third kappa shape index (κ3) is 3.95. The second-order valence-corrected chi connectivity index (χ2v) is 5.88. The van der Waals surface area contributed by atoms with Crippen molar-refractivity contribution in [1.29, 1.82) is 0 Å². The first-order valence-corrected chi connectivity index (χ1v) is 7.31. The second-order valence-electron chi connectivity index (χ2n) is 5.88. The standard InChI is InChI=1S/C14H26N2O2/c1-10-8-12(6-7-18-10)16-14(17)9-11-4-2-3-5-13(11)15/h10-13H,2-9,15H2,1H3,(H,16,17). The number of amides is 1. The average molecular weight is 254 g/mol. The summed E-state index contributed by atoms with van der Waals surface area (Å²) in [5.74, 6) is 0.562. The van der Waals surface area contributed by atoms with E-state index < -0.39 is 0 Å². The fourth-order valence-corrected chi connectivity index (χ4v) is 3.14. The Balaban J connectivity index is 1.74. The van der Waals surface area contributed by atoms with Crippen LogP contribution < -0.4 is 11.1 Å². The van der Waals surface area contributed by atoms with Gasteiger partial charge in [-0.3, -0.25) is 4.79 Å². The molecule has 4 unspecified atom stereocenters. The summed E-state index contributed by atoms with van der Waals surface area (Å²) >= 11 is 0. The predicted molar refractivity (Wildman–Crippen MR) is 71.1 cm³/mol. The van der Waals surface area contributed by atoms with Crippen LogP contribution in [-0.4, -0.2) is 30.7 Å². The summed E-state index contributed by atoms with van der Waals surface area (Å²) in [5, 5.41) is 3.14. The van der Waals surface area contributed by atoms with Crippen molar-refractivity contribution in [2.75, 3.05) is 6.61 Å². The zero-order valence-electron chi connectivity index (χ0n) is 11.4. The second kappa shape index (κ2) is 6.53. The Morgan fingerprint density at radius 1 is 1.33 bits per heavy atom. The van der Waals surface area contributed by atoms with Crippen molar-refractivity contribution in [2.45, 2.75) is 70.1 Å². The number of ether oxygens (including phenoxy) is 1. The van der Waals surface area contributed by atoms with Crippen molar-refractivity contribution in [3.63, 3.8) is 0 Å². The van der Waals surface area contributed by atoms with Gasteiger partial charge in [0, 0.05) is 25.1 Å². The first-order chi connectivity index (χ1) is 8.65. The highest BCUT2D eigenvalue weighted by Crippen LogP contribution is 2.25. The van der Waals surface area contributed by atoms with Gasteiger partial charge >= 0.3 is 0 Å². The number of rotatable bonds is 3. The van der Waals surface area contributed by atoms with Gasteiger partial charge < -0.3 is 15.8 Å². The van der Waals surface area contributed by atoms with Gasteiger partial charge in [0.05, 0.1) is 6.10 Å². The largest absolute Gasteiger partial charge is 0.378 e. The SMILES string of the molecule is CC1CC(NC(=O)CC2CCCCC2N)CCO1. The van der Waals surface area contributed by atoms with Gasteiger partial charge in [-0.25, -0.2) is 0 Å². The molecule has 104 valence electrons. The number of hydrogen-bond donors (Lipinski definition) is 2. The van der Waals surface area contributed by atoms with Crippen molar-refractivity contribution in [1.82, 2.24) is 5.32 Å². The molecule has 1 saturated carbocycles. The molecule has 4 nitrogen and oxygen atoms in total. The molecule has 1 amide bonds. The van der Waals surface area contributed by atoms with Crippen LogP contribution in [0.3, 0.4) is 0 Å². The quantitative estimate of drug-likeness (QED) is 0.803. The molecule has 2 aliphatic rings. The normalized spacial score (nSPS) is 37.2. The Kier molecular flexibility index (Phi) is 5.01. The Labute approximate surface area is 110 Å². The Bertz CT molecular complexity index is 283. The summed E-state index contributed by atoms with van der Waals surface area (Å²) in [6, 6.07) is 0.513. The molecule has 0 spiro atoms. The molecule has 0 aromatic carbocycles. The summed E-state index contributed by atoms with van der Waals surface area (Å²) in [7, 11) is 0. The maximum atomic E-state index is 12.0. The minimum absolute atomic E-state index is 0.177. The zero-order chi connectivity index (χ0) is 13.0. The van der Waals surface area contributed by atoms with Crippen molar-refractivity contribution >= 4 is 5.91 Å². The summed E-state index contributed by atoms with van der Waals surface area (Å²) in [6.45, 7) is 2.82. The topological polar surface area (TPSA) is 64.4 Å². The average Bonchev–Trinajstić information content (AvgIpc) is 2.32. The van der Waals surface area contributed by atoms with Crippen molar-refractivity contribution in [3.05, 3.63) is 0 Å². The lowest BCUT2D eigenvalue weighted by Gasteiger charge is -2.31. The highest BCUT2D eigenvalue weighted by atomic mass is 16.5. The van der Waals surface area contributed by atoms with Crippen LogP contribution in [0.2, 0.25) is 0 Å². The van der Waals surface area contributed by atoms with E-state index in [1.807, 2.05) is 0 Å². The van der Waals surface area contributed by atoms with E-state index in [4.69, 9.17) is 10.5 Å². The maximum Gasteiger partial charge on any atom is 0.220 e. The van der Waals surface area contributed by atoms with Gasteiger partial charge in [0.2, 0.25) is 5.91 Å². The predicted octanol–water partition coefficient (Wildman–Crippen LogP) is 1.58. The van der Waals surface area contributed by atoms with E-state index in [0.717, 1.165) is 32.3 Å². The van der Waals surface area contributed by atoms with E-state index >= 15 is 0 Å². The molecule has 1 aliphatic carbocycles. The zero-order valence-corrected chi connectivity index (χ0v) is 11.4. The number of nitrogens with one attached hydrogen (secondary N) is 1. The smallest absolute Gasteiger partial charge is 0.220 e. The molecular formula is C14H26N2O2. The van der Waals surface area contributed by atoms with E-state index in [1.165, 1.54) is 12.8 Å². The fourth-order valence-electron chi connectivity index (χ4n) is 3.14. The Hall–Kier alpha value is -0.610. The lowest BCUT2D eigenvalue weighted by molar-refractivity contribution is -0.124. The van der Waals surface area contributed by atoms with E-state index in [2.05, 4.69) is 12.2 Å². The van der Waals surface area contributed by atoms with Crippen LogP contribution in [0.5, 0.6) is 0 Å². The van der Waals surface area contributed by atoms with Gasteiger partial charge in [-0.2, -0.15) is 0 Å². The molecule has 4 atom stereocenters. The summed E-state index contributed by atoms with van der Waals surface area (Å²) in [4.78, 5) is 12.0. The lowest BCUT2D eigenvalue weighted by atomic mass is 9.83. The molecule has 18 heavy (non-hydrogen) atoms. The number of carbonyl (C=O) groups excluding carboxylic acids is 1. The molecule has 0 aromatic heterocycles. The highest BCUT2D eigenvalue weighted by molar-refractivity contribution is 5.76. The van der Waals surface area contributed by atoms with Crippen LogP contribution >= 0.6 is 0 Å². The van der Waals surface area contributed by atoms with Gasteiger partial charge in [0.25, 0.3) is 0 Å². The summed E-state index contributed by atoms with van der Waals surface area (Å²) in [6.07, 6.45) is 7.37. The molecule has 1 aliphatic heterocycles. The van der Waals surface area contributed by atoms with Gasteiger partial charge in [-0.1, -0.05) is 12.8 Å². The summed E-state index contributed by atoms with van der Waals surface area (Å²) < 4.78 is 5.49. The number of carbonyl (C=O) groups is 1. The number of nitrogens with two attached hydrogens (primary N) is 1.